The average Bonchev–Trinajstić information content (AvgIpc) is 2.99. The van der Waals surface area contributed by atoms with E-state index in [1.54, 1.807) is 0 Å². The van der Waals surface area contributed by atoms with Gasteiger partial charge in [-0.2, -0.15) is 0 Å². The quantitative estimate of drug-likeness (QED) is 0.0231. The Bertz CT molecular complexity index is 1140. The summed E-state index contributed by atoms with van der Waals surface area (Å²) < 4.78 is 0. The van der Waals surface area contributed by atoms with Crippen LogP contribution in [0.25, 0.3) is 0 Å². The summed E-state index contributed by atoms with van der Waals surface area (Å²) in [5, 5.41) is 56.4. The van der Waals surface area contributed by atoms with Crippen LogP contribution in [0.3, 0.4) is 0 Å². The van der Waals surface area contributed by atoms with Crippen LogP contribution < -0.4 is 33.2 Å². The minimum absolute atomic E-state index is 0.0820. The normalized spacial score (nSPS) is 16.1. The first-order valence-corrected chi connectivity index (χ1v) is 15.4. The Balaban J connectivity index is 5.73. The van der Waals surface area contributed by atoms with Crippen LogP contribution in [0, 0.1) is 17.8 Å². The molecule has 0 heterocycles. The fourth-order valence-corrected chi connectivity index (χ4v) is 4.80. The number of nitrogens with two attached hydrogens (primary N) is 3. The molecule has 0 aromatic heterocycles. The summed E-state index contributed by atoms with van der Waals surface area (Å²) in [7, 11) is 1.45. The lowest BCUT2D eigenvalue weighted by atomic mass is 9.91. The van der Waals surface area contributed by atoms with E-state index in [0.717, 1.165) is 6.92 Å². The van der Waals surface area contributed by atoms with Crippen LogP contribution in [0.15, 0.2) is 4.99 Å². The van der Waals surface area contributed by atoms with E-state index in [1.165, 1.54) is 14.0 Å². The van der Waals surface area contributed by atoms with Gasteiger partial charge in [0.1, 0.15) is 12.1 Å². The molecule has 0 bridgehead atoms. The molecule has 48 heavy (non-hydrogen) atoms. The first-order chi connectivity index (χ1) is 22.4. The highest BCUT2D eigenvalue weighted by atomic mass is 16.4. The molecule has 0 aromatic carbocycles. The molecule has 0 unspecified atom stereocenters. The smallest absolute Gasteiger partial charge is 0.306 e. The number of hydrogen-bond acceptors (Lipinski definition) is 13. The highest BCUT2D eigenvalue weighted by Gasteiger charge is 2.35. The molecule has 0 fully saturated rings. The number of likely N-dealkylation sites (N-methyl/N-ethyl adjacent to an activating group) is 1. The van der Waals surface area contributed by atoms with Crippen molar-refractivity contribution in [3.8, 4) is 0 Å². The molecule has 19 nitrogen and oxygen atoms in total. The van der Waals surface area contributed by atoms with Gasteiger partial charge < -0.3 is 58.7 Å². The van der Waals surface area contributed by atoms with Crippen molar-refractivity contribution in [3.05, 3.63) is 0 Å². The Kier molecular flexibility index (Phi) is 20.6. The third-order valence-electron chi connectivity index (χ3n) is 7.55. The summed E-state index contributed by atoms with van der Waals surface area (Å²) in [6.07, 6.45) is -4.59. The molecule has 0 aliphatic rings. The number of aliphatic hydroxyl groups excluding tert-OH is 4. The number of carbonyl (C=O) groups is 7. The van der Waals surface area contributed by atoms with Crippen LogP contribution in [-0.4, -0.2) is 130 Å². The van der Waals surface area contributed by atoms with E-state index >= 15 is 0 Å². The maximum atomic E-state index is 13.2. The number of aliphatic carboxylic acids is 1. The molecular formula is C29H51N7O12. The Labute approximate surface area is 278 Å². The number of primary amides is 1. The summed E-state index contributed by atoms with van der Waals surface area (Å²) >= 11 is 0. The SMILES string of the molecule is CN[C@H](C(=O)C[C@@H](CCCN=C(N)N)C(=O)N[C@@H](CO)C(=O)C[C@@H](CO)C(=O)N[C@H](C(=O)C[C@@H](CCC(N)=O)C(=O)O)[C@@H](C)O)[C@@H](C)O. The minimum Gasteiger partial charge on any atom is -0.481 e. The Morgan fingerprint density at radius 3 is 1.69 bits per heavy atom. The molecule has 0 radical (unpaired) electrons. The number of carboxylic acids is 1. The molecule has 8 atom stereocenters. The molecule has 19 heteroatoms. The second kappa shape index (κ2) is 22.5. The molecule has 0 rings (SSSR count). The Morgan fingerprint density at radius 1 is 0.708 bits per heavy atom. The molecule has 0 spiro atoms. The van der Waals surface area contributed by atoms with Crippen molar-refractivity contribution in [2.24, 2.45) is 39.9 Å². The van der Waals surface area contributed by atoms with Gasteiger partial charge in [0, 0.05) is 38.1 Å². The van der Waals surface area contributed by atoms with Gasteiger partial charge in [0.15, 0.2) is 23.3 Å². The van der Waals surface area contributed by atoms with Gasteiger partial charge in [-0.3, -0.25) is 38.6 Å². The number of rotatable bonds is 26. The van der Waals surface area contributed by atoms with Gasteiger partial charge in [0.25, 0.3) is 0 Å². The average molecular weight is 690 g/mol. The van der Waals surface area contributed by atoms with Gasteiger partial charge in [-0.1, -0.05) is 0 Å². The van der Waals surface area contributed by atoms with E-state index in [0.29, 0.717) is 0 Å². The van der Waals surface area contributed by atoms with E-state index < -0.39 is 115 Å². The predicted molar refractivity (Wildman–Crippen MR) is 170 cm³/mol. The highest BCUT2D eigenvalue weighted by molar-refractivity contribution is 5.96. The van der Waals surface area contributed by atoms with Crippen molar-refractivity contribution in [3.63, 3.8) is 0 Å². The first kappa shape index (κ1) is 44.0. The number of carbonyl (C=O) groups excluding carboxylic acids is 6. The van der Waals surface area contributed by atoms with Crippen molar-refractivity contribution < 1.29 is 59.1 Å². The lowest BCUT2D eigenvalue weighted by Gasteiger charge is -2.25. The number of hydrogen-bond donors (Lipinski definition) is 11. The molecule has 3 amide bonds. The number of amides is 3. The largest absolute Gasteiger partial charge is 0.481 e. The van der Waals surface area contributed by atoms with Crippen LogP contribution in [0.1, 0.15) is 58.8 Å². The first-order valence-electron chi connectivity index (χ1n) is 15.4. The van der Waals surface area contributed by atoms with Gasteiger partial charge in [0.05, 0.1) is 43.3 Å². The highest BCUT2D eigenvalue weighted by Crippen LogP contribution is 2.18. The molecule has 0 saturated heterocycles. The summed E-state index contributed by atoms with van der Waals surface area (Å²) in [5.74, 6) is -10.4. The van der Waals surface area contributed by atoms with Crippen molar-refractivity contribution in [1.82, 2.24) is 16.0 Å². The second-order valence-electron chi connectivity index (χ2n) is 11.6. The van der Waals surface area contributed by atoms with Gasteiger partial charge in [0.2, 0.25) is 17.7 Å². The zero-order valence-electron chi connectivity index (χ0n) is 27.5. The summed E-state index contributed by atoms with van der Waals surface area (Å²) in [6.45, 7) is 0.828. The fraction of sp³-hybridized carbons (Fsp3) is 0.724. The van der Waals surface area contributed by atoms with Crippen LogP contribution >= 0.6 is 0 Å². The Morgan fingerprint density at radius 2 is 1.23 bits per heavy atom. The van der Waals surface area contributed by atoms with Gasteiger partial charge in [-0.25, -0.2) is 0 Å². The number of nitrogens with one attached hydrogen (secondary N) is 3. The van der Waals surface area contributed by atoms with E-state index in [2.05, 4.69) is 20.9 Å². The zero-order valence-corrected chi connectivity index (χ0v) is 27.5. The zero-order chi connectivity index (χ0) is 37.1. The van der Waals surface area contributed by atoms with Crippen molar-refractivity contribution >= 4 is 47.0 Å². The van der Waals surface area contributed by atoms with Crippen molar-refractivity contribution in [1.29, 1.82) is 0 Å². The standard InChI is InChI=1S/C29H51N7O12/c1-14(39)24(33-3)21(42)9-16(5-4-8-34-29(31)32)26(45)35-19(13-38)20(41)11-18(12-37)27(46)36-25(15(2)40)22(43)10-17(28(47)48)6-7-23(30)44/h14-19,24-25,33,37-40H,4-13H2,1-3H3,(H2,30,44)(H,35,45)(H,36,46)(H,47,48)(H4,31,32,34)/t14-,15-,16-,17-,18+,19+,24+,25+/m1/s1. The monoisotopic (exact) mass is 689 g/mol. The lowest BCUT2D eigenvalue weighted by Crippen LogP contribution is -2.52. The minimum atomic E-state index is -1.63. The maximum absolute atomic E-state index is 13.2. The number of aliphatic imine (C=N–C) groups is 1. The number of Topliss-reactive ketones (excluding diaryl/α,β-unsaturated/α-hetero) is 3. The topological polar surface area (TPSA) is 347 Å². The summed E-state index contributed by atoms with van der Waals surface area (Å²) in [6, 6.07) is -4.19. The van der Waals surface area contributed by atoms with Crippen LogP contribution in [0.2, 0.25) is 0 Å². The second-order valence-corrected chi connectivity index (χ2v) is 11.6. The molecular weight excluding hydrogens is 638 g/mol. The van der Waals surface area contributed by atoms with Gasteiger partial charge >= 0.3 is 5.97 Å². The van der Waals surface area contributed by atoms with E-state index in [1.807, 2.05) is 0 Å². The van der Waals surface area contributed by atoms with Crippen molar-refractivity contribution in [2.75, 3.05) is 26.8 Å². The van der Waals surface area contributed by atoms with E-state index in [4.69, 9.17) is 17.2 Å². The van der Waals surface area contributed by atoms with Crippen LogP contribution in [0.4, 0.5) is 0 Å². The van der Waals surface area contributed by atoms with E-state index in [-0.39, 0.29) is 44.6 Å². The molecule has 0 aliphatic carbocycles. The number of aliphatic hydroxyl groups is 4. The molecule has 0 aromatic rings. The van der Waals surface area contributed by atoms with Gasteiger partial charge in [-0.15, -0.1) is 0 Å². The maximum Gasteiger partial charge on any atom is 0.306 e. The summed E-state index contributed by atoms with van der Waals surface area (Å²) in [4.78, 5) is 91.3. The van der Waals surface area contributed by atoms with E-state index in [9.17, 15) is 59.1 Å². The number of ketones is 3. The predicted octanol–water partition coefficient (Wildman–Crippen LogP) is -4.58. The van der Waals surface area contributed by atoms with Crippen LogP contribution in [-0.2, 0) is 33.6 Å². The Hall–Kier alpha value is -4.04. The molecule has 0 saturated carbocycles. The number of carboxylic acid groups (broad SMARTS) is 1. The van der Waals surface area contributed by atoms with Crippen LogP contribution in [0.5, 0.6) is 0 Å². The number of guanidine groups is 1. The molecule has 274 valence electrons. The third-order valence-corrected chi connectivity index (χ3v) is 7.55. The third kappa shape index (κ3) is 16.2. The van der Waals surface area contributed by atoms with Gasteiger partial charge in [-0.05, 0) is 40.2 Å². The summed E-state index contributed by atoms with van der Waals surface area (Å²) in [5.41, 5.74) is 15.7. The number of nitrogens with zero attached hydrogens (tertiary/aromatic N) is 1. The fourth-order valence-electron chi connectivity index (χ4n) is 4.80. The lowest BCUT2D eigenvalue weighted by molar-refractivity contribution is -0.145. The molecule has 0 aliphatic heterocycles. The van der Waals surface area contributed by atoms with Crippen molar-refractivity contribution in [2.45, 2.75) is 89.1 Å². The molecule has 14 N–H and O–H groups in total.